The first kappa shape index (κ1) is 15.4. The molecule has 0 spiro atoms. The third-order valence-electron chi connectivity index (χ3n) is 2.33. The zero-order valence-electron chi connectivity index (χ0n) is 10.2. The number of carbonyl (C=O) groups excluding carboxylic acids is 1. The summed E-state index contributed by atoms with van der Waals surface area (Å²) in [6, 6.07) is 3.75. The average Bonchev–Trinajstić information content (AvgIpc) is 2.41. The van der Waals surface area contributed by atoms with E-state index in [1.54, 1.807) is 0 Å². The maximum atomic E-state index is 12.5. The van der Waals surface area contributed by atoms with Crippen LogP contribution < -0.4 is 14.9 Å². The summed E-state index contributed by atoms with van der Waals surface area (Å²) in [5.41, 5.74) is 2.40. The van der Waals surface area contributed by atoms with Gasteiger partial charge >= 0.3 is 13.2 Å². The van der Waals surface area contributed by atoms with Crippen LogP contribution in [0, 0.1) is 0 Å². The van der Waals surface area contributed by atoms with Gasteiger partial charge in [0.15, 0.2) is 11.5 Å². The molecule has 0 aliphatic carbocycles. The van der Waals surface area contributed by atoms with Crippen LogP contribution in [0.15, 0.2) is 23.3 Å². The van der Waals surface area contributed by atoms with Crippen LogP contribution in [0.5, 0.6) is 11.5 Å². The van der Waals surface area contributed by atoms with Gasteiger partial charge in [-0.1, -0.05) is 17.8 Å². The molecule has 1 heterocycles. The Bertz CT molecular complexity index is 568. The third kappa shape index (κ3) is 4.00. The smallest absolute Gasteiger partial charge is 0.387 e. The quantitative estimate of drug-likeness (QED) is 0.846. The number of ether oxygens (including phenoxy) is 2. The fourth-order valence-electron chi connectivity index (χ4n) is 1.59. The molecular formula is C11H8F4N2O3S. The lowest BCUT2D eigenvalue weighted by Crippen LogP contribution is -2.24. The minimum absolute atomic E-state index is 0.0425. The number of nitrogens with one attached hydrogen (secondary N) is 1. The number of hydrogen-bond donors (Lipinski definition) is 1. The summed E-state index contributed by atoms with van der Waals surface area (Å²) in [6.45, 7) is -6.42. The molecule has 1 amide bonds. The maximum Gasteiger partial charge on any atom is 0.387 e. The van der Waals surface area contributed by atoms with Crippen LogP contribution >= 0.6 is 11.8 Å². The number of carbonyl (C=O) groups is 1. The van der Waals surface area contributed by atoms with E-state index < -0.39 is 30.0 Å². The molecular weight excluding hydrogens is 316 g/mol. The first-order valence-corrected chi connectivity index (χ1v) is 6.48. The Labute approximate surface area is 120 Å². The fourth-order valence-corrected chi connectivity index (χ4v) is 2.19. The number of amides is 1. The Balaban J connectivity index is 2.41. The Morgan fingerprint density at radius 3 is 2.48 bits per heavy atom. The van der Waals surface area contributed by atoms with E-state index in [1.165, 1.54) is 12.1 Å². The Morgan fingerprint density at radius 2 is 1.90 bits per heavy atom. The summed E-state index contributed by atoms with van der Waals surface area (Å²) in [5.74, 6) is -1.00. The van der Waals surface area contributed by atoms with E-state index in [9.17, 15) is 22.4 Å². The Kier molecular flexibility index (Phi) is 4.89. The Hall–Kier alpha value is -1.97. The van der Waals surface area contributed by atoms with Crippen LogP contribution in [0.3, 0.4) is 0 Å². The molecule has 1 aliphatic rings. The molecule has 1 aromatic carbocycles. The second kappa shape index (κ2) is 6.66. The number of thioether (sulfide) groups is 1. The van der Waals surface area contributed by atoms with Gasteiger partial charge < -0.3 is 9.47 Å². The van der Waals surface area contributed by atoms with Crippen LogP contribution in [0.25, 0.3) is 0 Å². The van der Waals surface area contributed by atoms with Crippen LogP contribution in [0.1, 0.15) is 5.56 Å². The number of alkyl halides is 4. The molecule has 1 N–H and O–H groups in total. The topological polar surface area (TPSA) is 59.9 Å². The van der Waals surface area contributed by atoms with Crippen LogP contribution in [0.4, 0.5) is 22.4 Å². The molecule has 0 aromatic heterocycles. The van der Waals surface area contributed by atoms with Gasteiger partial charge in [-0.25, -0.2) is 5.43 Å². The van der Waals surface area contributed by atoms with E-state index in [0.29, 0.717) is 0 Å². The van der Waals surface area contributed by atoms with Crippen molar-refractivity contribution >= 4 is 22.7 Å². The Morgan fingerprint density at radius 1 is 1.19 bits per heavy atom. The molecule has 0 atom stereocenters. The van der Waals surface area contributed by atoms with Crippen molar-refractivity contribution in [1.29, 1.82) is 0 Å². The van der Waals surface area contributed by atoms with Gasteiger partial charge in [0.1, 0.15) is 0 Å². The highest BCUT2D eigenvalue weighted by Crippen LogP contribution is 2.35. The van der Waals surface area contributed by atoms with Crippen LogP contribution in [0.2, 0.25) is 0 Å². The minimum Gasteiger partial charge on any atom is -0.431 e. The standard InChI is InChI=1S/C11H8F4N2O3S/c12-9(13)19-7-3-1-2-5(8(7)20-10(14)15)6-4-21-11(18)17-16-6/h1-3,9-10H,4H2,(H,17,18). The zero-order valence-corrected chi connectivity index (χ0v) is 11.0. The third-order valence-corrected chi connectivity index (χ3v) is 3.11. The van der Waals surface area contributed by atoms with Gasteiger partial charge in [0.2, 0.25) is 0 Å². The van der Waals surface area contributed by atoms with Crippen LogP contribution in [-0.2, 0) is 0 Å². The number of hydrazone groups is 1. The molecule has 0 bridgehead atoms. The summed E-state index contributed by atoms with van der Waals surface area (Å²) < 4.78 is 58.0. The summed E-state index contributed by atoms with van der Waals surface area (Å²) in [4.78, 5) is 11.0. The second-order valence-electron chi connectivity index (χ2n) is 3.64. The van der Waals surface area contributed by atoms with E-state index in [-0.39, 0.29) is 17.0 Å². The highest BCUT2D eigenvalue weighted by atomic mass is 32.2. The van der Waals surface area contributed by atoms with Crippen molar-refractivity contribution in [2.75, 3.05) is 5.75 Å². The van der Waals surface area contributed by atoms with Crippen molar-refractivity contribution in [1.82, 2.24) is 5.43 Å². The molecule has 0 saturated heterocycles. The van der Waals surface area contributed by atoms with Crippen molar-refractivity contribution < 1.29 is 31.8 Å². The zero-order chi connectivity index (χ0) is 15.4. The number of hydrogen-bond acceptors (Lipinski definition) is 5. The highest BCUT2D eigenvalue weighted by Gasteiger charge is 2.23. The lowest BCUT2D eigenvalue weighted by atomic mass is 10.1. The van der Waals surface area contributed by atoms with Gasteiger partial charge in [-0.3, -0.25) is 4.79 Å². The molecule has 10 heteroatoms. The van der Waals surface area contributed by atoms with Crippen molar-refractivity contribution in [2.45, 2.75) is 13.2 Å². The molecule has 0 saturated carbocycles. The van der Waals surface area contributed by atoms with E-state index in [0.717, 1.165) is 17.8 Å². The highest BCUT2D eigenvalue weighted by molar-refractivity contribution is 8.14. The summed E-state index contributed by atoms with van der Waals surface area (Å²) in [7, 11) is 0. The predicted octanol–water partition coefficient (Wildman–Crippen LogP) is 3.05. The van der Waals surface area contributed by atoms with Gasteiger partial charge in [-0.05, 0) is 12.1 Å². The van der Waals surface area contributed by atoms with Gasteiger partial charge in [-0.15, -0.1) is 0 Å². The number of nitrogens with zero attached hydrogens (tertiary/aromatic N) is 1. The van der Waals surface area contributed by atoms with Gasteiger partial charge in [-0.2, -0.15) is 22.7 Å². The van der Waals surface area contributed by atoms with Gasteiger partial charge in [0.25, 0.3) is 5.24 Å². The molecule has 1 aliphatic heterocycles. The normalized spacial score (nSPS) is 15.0. The van der Waals surface area contributed by atoms with Gasteiger partial charge in [0.05, 0.1) is 5.71 Å². The largest absolute Gasteiger partial charge is 0.431 e. The van der Waals surface area contributed by atoms with E-state index in [2.05, 4.69) is 20.0 Å². The van der Waals surface area contributed by atoms with E-state index in [1.807, 2.05) is 0 Å². The van der Waals surface area contributed by atoms with E-state index in [4.69, 9.17) is 0 Å². The first-order valence-electron chi connectivity index (χ1n) is 5.49. The lowest BCUT2D eigenvalue weighted by Gasteiger charge is -2.18. The van der Waals surface area contributed by atoms with Crippen molar-refractivity contribution in [3.05, 3.63) is 23.8 Å². The summed E-state index contributed by atoms with van der Waals surface area (Å²) in [5, 5.41) is 3.29. The maximum absolute atomic E-state index is 12.5. The van der Waals surface area contributed by atoms with E-state index >= 15 is 0 Å². The van der Waals surface area contributed by atoms with Crippen molar-refractivity contribution in [3.63, 3.8) is 0 Å². The molecule has 0 radical (unpaired) electrons. The van der Waals surface area contributed by atoms with Gasteiger partial charge in [0, 0.05) is 11.3 Å². The fraction of sp³-hybridized carbons (Fsp3) is 0.273. The molecule has 0 unspecified atom stereocenters. The molecule has 5 nitrogen and oxygen atoms in total. The number of para-hydroxylation sites is 1. The molecule has 1 aromatic rings. The second-order valence-corrected chi connectivity index (χ2v) is 4.58. The number of benzene rings is 1. The minimum atomic E-state index is -3.22. The van der Waals surface area contributed by atoms with Crippen molar-refractivity contribution in [3.8, 4) is 11.5 Å². The first-order chi connectivity index (χ1) is 9.97. The summed E-state index contributed by atoms with van der Waals surface area (Å²) in [6.07, 6.45) is 0. The monoisotopic (exact) mass is 324 g/mol. The molecule has 2 rings (SSSR count). The molecule has 0 fully saturated rings. The van der Waals surface area contributed by atoms with Crippen molar-refractivity contribution in [2.24, 2.45) is 5.10 Å². The molecule has 114 valence electrons. The predicted molar refractivity (Wildman–Crippen MR) is 67.2 cm³/mol. The average molecular weight is 324 g/mol. The number of halogens is 4. The molecule has 21 heavy (non-hydrogen) atoms. The SMILES string of the molecule is O=C1NN=C(c2cccc(OC(F)F)c2OC(F)F)CS1. The number of rotatable bonds is 5. The van der Waals surface area contributed by atoms with Crippen LogP contribution in [-0.4, -0.2) is 29.9 Å². The lowest BCUT2D eigenvalue weighted by molar-refractivity contribution is -0.0693. The summed E-state index contributed by atoms with van der Waals surface area (Å²) >= 11 is 0.856.